The van der Waals surface area contributed by atoms with Crippen LogP contribution in [0.15, 0.2) is 60.7 Å². The second kappa shape index (κ2) is 9.86. The Morgan fingerprint density at radius 1 is 1.12 bits per heavy atom. The SMILES string of the molecule is Cc1ccc([N+](=O)[O-])cc1N([C@H](C)C(=O)NCCOc1ccc2ccccc2c1)S(C)(=O)=O. The van der Waals surface area contributed by atoms with Crippen molar-refractivity contribution in [2.75, 3.05) is 23.7 Å². The Labute approximate surface area is 192 Å². The van der Waals surface area contributed by atoms with Gasteiger partial charge in [0, 0.05) is 12.1 Å². The molecule has 0 radical (unpaired) electrons. The summed E-state index contributed by atoms with van der Waals surface area (Å²) < 4.78 is 31.6. The molecule has 0 bridgehead atoms. The number of hydrogen-bond acceptors (Lipinski definition) is 6. The maximum absolute atomic E-state index is 12.7. The van der Waals surface area contributed by atoms with E-state index in [-0.39, 0.29) is 24.5 Å². The lowest BCUT2D eigenvalue weighted by Gasteiger charge is -2.29. The van der Waals surface area contributed by atoms with E-state index in [4.69, 9.17) is 4.74 Å². The van der Waals surface area contributed by atoms with Gasteiger partial charge in [-0.15, -0.1) is 0 Å². The zero-order chi connectivity index (χ0) is 24.2. The number of sulfonamides is 1. The van der Waals surface area contributed by atoms with Gasteiger partial charge in [-0.05, 0) is 42.3 Å². The van der Waals surface area contributed by atoms with Crippen LogP contribution in [0.25, 0.3) is 10.8 Å². The highest BCUT2D eigenvalue weighted by Crippen LogP contribution is 2.29. The van der Waals surface area contributed by atoms with Gasteiger partial charge in [-0.1, -0.05) is 36.4 Å². The van der Waals surface area contributed by atoms with Crippen molar-refractivity contribution in [2.45, 2.75) is 19.9 Å². The molecular weight excluding hydrogens is 446 g/mol. The molecule has 1 amide bonds. The summed E-state index contributed by atoms with van der Waals surface area (Å²) in [7, 11) is -3.90. The number of amides is 1. The first-order chi connectivity index (χ1) is 15.6. The maximum Gasteiger partial charge on any atom is 0.271 e. The number of nitrogens with zero attached hydrogens (tertiary/aromatic N) is 2. The Morgan fingerprint density at radius 2 is 1.82 bits per heavy atom. The molecule has 0 aliphatic rings. The molecule has 3 aromatic rings. The van der Waals surface area contributed by atoms with Gasteiger partial charge >= 0.3 is 0 Å². The van der Waals surface area contributed by atoms with E-state index in [2.05, 4.69) is 5.32 Å². The molecule has 1 N–H and O–H groups in total. The van der Waals surface area contributed by atoms with Crippen LogP contribution >= 0.6 is 0 Å². The summed E-state index contributed by atoms with van der Waals surface area (Å²) in [5.74, 6) is 0.106. The van der Waals surface area contributed by atoms with E-state index in [0.717, 1.165) is 27.4 Å². The first-order valence-corrected chi connectivity index (χ1v) is 12.1. The van der Waals surface area contributed by atoms with Gasteiger partial charge in [0.05, 0.1) is 23.4 Å². The average molecular weight is 472 g/mol. The van der Waals surface area contributed by atoms with E-state index in [1.807, 2.05) is 42.5 Å². The fourth-order valence-electron chi connectivity index (χ4n) is 3.48. The second-order valence-electron chi connectivity index (χ2n) is 7.61. The third-order valence-electron chi connectivity index (χ3n) is 5.12. The van der Waals surface area contributed by atoms with Gasteiger partial charge in [0.2, 0.25) is 15.9 Å². The second-order valence-corrected chi connectivity index (χ2v) is 9.47. The van der Waals surface area contributed by atoms with Gasteiger partial charge in [0.15, 0.2) is 0 Å². The molecule has 0 fully saturated rings. The van der Waals surface area contributed by atoms with Crippen LogP contribution in [-0.2, 0) is 14.8 Å². The number of nitrogens with one attached hydrogen (secondary N) is 1. The summed E-state index contributed by atoms with van der Waals surface area (Å²) in [5, 5.41) is 15.9. The van der Waals surface area contributed by atoms with Crippen LogP contribution in [0.1, 0.15) is 12.5 Å². The summed E-state index contributed by atoms with van der Waals surface area (Å²) in [6, 6.07) is 16.3. The molecule has 0 saturated heterocycles. The Morgan fingerprint density at radius 3 is 2.48 bits per heavy atom. The summed E-state index contributed by atoms with van der Waals surface area (Å²) in [5.41, 5.74) is 0.313. The van der Waals surface area contributed by atoms with E-state index in [9.17, 15) is 23.3 Å². The van der Waals surface area contributed by atoms with E-state index in [0.29, 0.717) is 11.3 Å². The van der Waals surface area contributed by atoms with Gasteiger partial charge in [-0.2, -0.15) is 0 Å². The van der Waals surface area contributed by atoms with Crippen LogP contribution in [0.3, 0.4) is 0 Å². The van der Waals surface area contributed by atoms with E-state index < -0.39 is 26.9 Å². The van der Waals surface area contributed by atoms with E-state index in [1.54, 1.807) is 6.92 Å². The smallest absolute Gasteiger partial charge is 0.271 e. The number of hydrogen-bond donors (Lipinski definition) is 1. The van der Waals surface area contributed by atoms with Crippen LogP contribution < -0.4 is 14.4 Å². The number of ether oxygens (including phenoxy) is 1. The van der Waals surface area contributed by atoms with Crippen LogP contribution in [0, 0.1) is 17.0 Å². The van der Waals surface area contributed by atoms with Crippen molar-refractivity contribution in [1.82, 2.24) is 5.32 Å². The average Bonchev–Trinajstić information content (AvgIpc) is 2.76. The maximum atomic E-state index is 12.7. The van der Waals surface area contributed by atoms with Gasteiger partial charge in [-0.3, -0.25) is 19.2 Å². The van der Waals surface area contributed by atoms with Gasteiger partial charge in [-0.25, -0.2) is 8.42 Å². The summed E-state index contributed by atoms with van der Waals surface area (Å²) >= 11 is 0. The zero-order valence-electron chi connectivity index (χ0n) is 18.5. The van der Waals surface area contributed by atoms with Crippen molar-refractivity contribution >= 4 is 38.1 Å². The molecule has 0 aliphatic carbocycles. The molecule has 0 aliphatic heterocycles. The summed E-state index contributed by atoms with van der Waals surface area (Å²) in [6.07, 6.45) is 0.956. The fraction of sp³-hybridized carbons (Fsp3) is 0.261. The highest BCUT2D eigenvalue weighted by Gasteiger charge is 2.31. The molecule has 174 valence electrons. The van der Waals surface area contributed by atoms with E-state index in [1.165, 1.54) is 19.1 Å². The lowest BCUT2D eigenvalue weighted by Crippen LogP contribution is -2.48. The summed E-state index contributed by atoms with van der Waals surface area (Å²) in [6.45, 7) is 3.39. The van der Waals surface area contributed by atoms with E-state index >= 15 is 0 Å². The molecule has 10 heteroatoms. The third-order valence-corrected chi connectivity index (χ3v) is 6.35. The summed E-state index contributed by atoms with van der Waals surface area (Å²) in [4.78, 5) is 23.2. The molecule has 3 aromatic carbocycles. The number of carbonyl (C=O) groups is 1. The van der Waals surface area contributed by atoms with Gasteiger partial charge < -0.3 is 10.1 Å². The molecule has 0 saturated carbocycles. The number of nitro benzene ring substituents is 1. The van der Waals surface area contributed by atoms with Crippen molar-refractivity contribution in [1.29, 1.82) is 0 Å². The number of nitro groups is 1. The Balaban J connectivity index is 1.67. The van der Waals surface area contributed by atoms with Gasteiger partial charge in [0.1, 0.15) is 18.4 Å². The Kier molecular flexibility index (Phi) is 7.17. The quantitative estimate of drug-likeness (QED) is 0.290. The zero-order valence-corrected chi connectivity index (χ0v) is 19.3. The minimum absolute atomic E-state index is 0.0850. The normalized spacial score (nSPS) is 12.2. The third kappa shape index (κ3) is 5.78. The highest BCUT2D eigenvalue weighted by molar-refractivity contribution is 7.92. The van der Waals surface area contributed by atoms with Crippen molar-refractivity contribution in [3.8, 4) is 5.75 Å². The molecular formula is C23H25N3O6S. The number of anilines is 1. The van der Waals surface area contributed by atoms with Crippen LogP contribution in [-0.4, -0.2) is 44.7 Å². The number of non-ortho nitro benzene ring substituents is 1. The lowest BCUT2D eigenvalue weighted by molar-refractivity contribution is -0.384. The van der Waals surface area contributed by atoms with Crippen molar-refractivity contribution in [3.63, 3.8) is 0 Å². The number of rotatable bonds is 9. The topological polar surface area (TPSA) is 119 Å². The number of carbonyl (C=O) groups excluding carboxylic acids is 1. The first kappa shape index (κ1) is 24.0. The predicted octanol–water partition coefficient (Wildman–Crippen LogP) is 3.41. The lowest BCUT2D eigenvalue weighted by atomic mass is 10.1. The Bertz CT molecular complexity index is 1290. The molecule has 0 spiro atoms. The van der Waals surface area contributed by atoms with Gasteiger partial charge in [0.25, 0.3) is 5.69 Å². The van der Waals surface area contributed by atoms with Crippen molar-refractivity contribution in [2.24, 2.45) is 0 Å². The molecule has 0 heterocycles. The fourth-order valence-corrected chi connectivity index (χ4v) is 4.70. The molecule has 3 rings (SSSR count). The number of fused-ring (bicyclic) bond motifs is 1. The minimum atomic E-state index is -3.90. The molecule has 33 heavy (non-hydrogen) atoms. The molecule has 9 nitrogen and oxygen atoms in total. The largest absolute Gasteiger partial charge is 0.492 e. The predicted molar refractivity (Wildman–Crippen MR) is 127 cm³/mol. The molecule has 0 aromatic heterocycles. The monoisotopic (exact) mass is 471 g/mol. The molecule has 0 unspecified atom stereocenters. The van der Waals surface area contributed by atoms with Crippen molar-refractivity contribution in [3.05, 3.63) is 76.3 Å². The highest BCUT2D eigenvalue weighted by atomic mass is 32.2. The number of aryl methyl sites for hydroxylation is 1. The minimum Gasteiger partial charge on any atom is -0.492 e. The van der Waals surface area contributed by atoms with Crippen LogP contribution in [0.4, 0.5) is 11.4 Å². The molecule has 1 atom stereocenters. The van der Waals surface area contributed by atoms with Crippen LogP contribution in [0.2, 0.25) is 0 Å². The Hall–Kier alpha value is -3.66. The van der Waals surface area contributed by atoms with Crippen molar-refractivity contribution < 1.29 is 22.9 Å². The first-order valence-electron chi connectivity index (χ1n) is 10.2. The standard InChI is InChI=1S/C23H25N3O6S/c1-16-8-10-20(26(28)29)15-22(16)25(33(3,30)31)17(2)23(27)24-12-13-32-21-11-9-18-6-4-5-7-19(18)14-21/h4-11,14-15,17H,12-13H2,1-3H3,(H,24,27)/t17-/m1/s1. The van der Waals surface area contributed by atoms with Crippen LogP contribution in [0.5, 0.6) is 5.75 Å². The number of benzene rings is 3.